The Morgan fingerprint density at radius 3 is 2.71 bits per heavy atom. The maximum absolute atomic E-state index is 14.2. The van der Waals surface area contributed by atoms with Gasteiger partial charge >= 0.3 is 5.97 Å². The van der Waals surface area contributed by atoms with Crippen molar-refractivity contribution in [2.45, 2.75) is 51.1 Å². The summed E-state index contributed by atoms with van der Waals surface area (Å²) < 4.78 is 27.6. The summed E-state index contributed by atoms with van der Waals surface area (Å²) in [5.74, 6) is 0.227. The number of nitrogens with one attached hydrogen (secondary N) is 1. The number of aromatic carboxylic acids is 1. The van der Waals surface area contributed by atoms with Crippen LogP contribution in [0.1, 0.15) is 46.6 Å². The molecule has 0 bridgehead atoms. The zero-order valence-electron chi connectivity index (χ0n) is 22.9. The van der Waals surface area contributed by atoms with E-state index in [1.165, 1.54) is 12.1 Å². The molecule has 2 aliphatic rings. The molecule has 0 saturated carbocycles. The summed E-state index contributed by atoms with van der Waals surface area (Å²) in [5.41, 5.74) is 2.44. The van der Waals surface area contributed by atoms with Crippen LogP contribution >= 0.6 is 0 Å². The van der Waals surface area contributed by atoms with Gasteiger partial charge in [0.1, 0.15) is 18.2 Å². The van der Waals surface area contributed by atoms with Crippen LogP contribution in [0.2, 0.25) is 0 Å². The summed E-state index contributed by atoms with van der Waals surface area (Å²) in [6.45, 7) is 3.73. The molecule has 0 aliphatic carbocycles. The maximum atomic E-state index is 14.2. The molecule has 216 valence electrons. The fourth-order valence-corrected chi connectivity index (χ4v) is 5.26. The van der Waals surface area contributed by atoms with E-state index in [4.69, 9.17) is 19.7 Å². The molecule has 42 heavy (non-hydrogen) atoms. The number of carboxylic acid groups (broad SMARTS) is 1. The molecule has 2 aromatic heterocycles. The minimum Gasteiger partial charge on any atom is -0.478 e. The number of imidazole rings is 1. The average molecular weight is 572 g/mol. The van der Waals surface area contributed by atoms with Crippen LogP contribution in [0.25, 0.3) is 11.0 Å². The fourth-order valence-electron chi connectivity index (χ4n) is 5.26. The normalized spacial score (nSPS) is 17.5. The van der Waals surface area contributed by atoms with Crippen LogP contribution < -0.4 is 10.1 Å². The highest BCUT2D eigenvalue weighted by atomic mass is 19.1. The van der Waals surface area contributed by atoms with Gasteiger partial charge in [0.2, 0.25) is 11.8 Å². The van der Waals surface area contributed by atoms with E-state index in [1.807, 2.05) is 6.07 Å². The van der Waals surface area contributed by atoms with Crippen molar-refractivity contribution < 1.29 is 23.8 Å². The zero-order valence-corrected chi connectivity index (χ0v) is 22.9. The lowest BCUT2D eigenvalue weighted by atomic mass is 10.1. The van der Waals surface area contributed by atoms with E-state index < -0.39 is 11.8 Å². The predicted octanol–water partition coefficient (Wildman–Crippen LogP) is 3.98. The van der Waals surface area contributed by atoms with Crippen molar-refractivity contribution in [1.82, 2.24) is 24.4 Å². The summed E-state index contributed by atoms with van der Waals surface area (Å²) in [5, 5.41) is 21.8. The van der Waals surface area contributed by atoms with Crippen molar-refractivity contribution in [3.05, 3.63) is 77.0 Å². The lowest BCUT2D eigenvalue weighted by Crippen LogP contribution is -2.39. The van der Waals surface area contributed by atoms with E-state index in [0.29, 0.717) is 30.5 Å². The standard InChI is InChI=1S/C30H30FN7O4/c31-24-13-19(15-32)1-2-21(24)18-42-28-5-9-33-30(36-28)34-22-6-10-37(11-7-22)17-27-35-25-4-3-20(29(39)40)14-26(25)38(27)16-23-8-12-41-23/h1-5,9,13-14,22-23H,6-8,10-12,16-18H2,(H,39,40)(H,33,34,36)/t23-/m0/s1. The Kier molecular flexibility index (Phi) is 7.94. The first kappa shape index (κ1) is 27.6. The molecule has 6 rings (SSSR count). The second-order valence-electron chi connectivity index (χ2n) is 10.5. The Labute approximate surface area is 241 Å². The topological polar surface area (TPSA) is 138 Å². The lowest BCUT2D eigenvalue weighted by Gasteiger charge is -2.33. The van der Waals surface area contributed by atoms with Crippen molar-refractivity contribution in [3.8, 4) is 11.9 Å². The molecule has 0 unspecified atom stereocenters. The Hall–Kier alpha value is -4.60. The Morgan fingerprint density at radius 1 is 1.17 bits per heavy atom. The van der Waals surface area contributed by atoms with Crippen LogP contribution in [0.15, 0.2) is 48.7 Å². The monoisotopic (exact) mass is 571 g/mol. The number of carboxylic acids is 1. The SMILES string of the molecule is N#Cc1ccc(COc2ccnc(NC3CCN(Cc4nc5ccc(C(=O)O)cc5n4C[C@@H]4CCO4)CC3)n2)c(F)c1. The number of nitrogens with zero attached hydrogens (tertiary/aromatic N) is 6. The molecular weight excluding hydrogens is 541 g/mol. The third kappa shape index (κ3) is 6.17. The van der Waals surface area contributed by atoms with E-state index in [-0.39, 0.29) is 29.9 Å². The summed E-state index contributed by atoms with van der Waals surface area (Å²) >= 11 is 0. The summed E-state index contributed by atoms with van der Waals surface area (Å²) in [6.07, 6.45) is 4.45. The van der Waals surface area contributed by atoms with E-state index in [0.717, 1.165) is 55.8 Å². The molecule has 2 aromatic carbocycles. The van der Waals surface area contributed by atoms with E-state index in [1.54, 1.807) is 36.5 Å². The van der Waals surface area contributed by atoms with Crippen LogP contribution in [0, 0.1) is 17.1 Å². The Morgan fingerprint density at radius 2 is 2.00 bits per heavy atom. The zero-order chi connectivity index (χ0) is 29.1. The summed E-state index contributed by atoms with van der Waals surface area (Å²) in [6, 6.07) is 13.0. The number of hydrogen-bond donors (Lipinski definition) is 2. The van der Waals surface area contributed by atoms with Gasteiger partial charge in [0.05, 0.1) is 47.4 Å². The fraction of sp³-hybridized carbons (Fsp3) is 0.367. The number of likely N-dealkylation sites (tertiary alicyclic amines) is 1. The number of ether oxygens (including phenoxy) is 2. The van der Waals surface area contributed by atoms with Crippen LogP contribution in [0.5, 0.6) is 5.88 Å². The minimum absolute atomic E-state index is 0.0123. The van der Waals surface area contributed by atoms with Gasteiger partial charge in [0.25, 0.3) is 0 Å². The molecule has 2 fully saturated rings. The van der Waals surface area contributed by atoms with E-state index in [2.05, 4.69) is 24.8 Å². The van der Waals surface area contributed by atoms with Crippen molar-refractivity contribution in [2.24, 2.45) is 0 Å². The molecule has 0 spiro atoms. The smallest absolute Gasteiger partial charge is 0.335 e. The van der Waals surface area contributed by atoms with Gasteiger partial charge in [-0.25, -0.2) is 19.2 Å². The third-order valence-electron chi connectivity index (χ3n) is 7.73. The second-order valence-corrected chi connectivity index (χ2v) is 10.5. The number of hydrogen-bond acceptors (Lipinski definition) is 9. The molecule has 11 nitrogen and oxygen atoms in total. The van der Waals surface area contributed by atoms with Crippen molar-refractivity contribution in [1.29, 1.82) is 5.26 Å². The average Bonchev–Trinajstić information content (AvgIpc) is 3.31. The van der Waals surface area contributed by atoms with Gasteiger partial charge in [-0.2, -0.15) is 10.2 Å². The first-order valence-corrected chi connectivity index (χ1v) is 13.9. The number of nitriles is 1. The highest BCUT2D eigenvalue weighted by molar-refractivity contribution is 5.92. The van der Waals surface area contributed by atoms with Crippen LogP contribution in [-0.4, -0.2) is 67.3 Å². The van der Waals surface area contributed by atoms with Gasteiger partial charge in [-0.05, 0) is 49.6 Å². The largest absolute Gasteiger partial charge is 0.478 e. The number of fused-ring (bicyclic) bond motifs is 1. The van der Waals surface area contributed by atoms with Crippen LogP contribution in [0.3, 0.4) is 0 Å². The molecule has 4 aromatic rings. The molecule has 0 radical (unpaired) electrons. The number of carbonyl (C=O) groups is 1. The van der Waals surface area contributed by atoms with Crippen LogP contribution in [0.4, 0.5) is 10.3 Å². The predicted molar refractivity (Wildman–Crippen MR) is 150 cm³/mol. The summed E-state index contributed by atoms with van der Waals surface area (Å²) in [4.78, 5) is 27.5. The number of piperidine rings is 1. The molecule has 12 heteroatoms. The third-order valence-corrected chi connectivity index (χ3v) is 7.73. The lowest BCUT2D eigenvalue weighted by molar-refractivity contribution is -0.0592. The number of anilines is 1. The molecule has 2 aliphatic heterocycles. The van der Waals surface area contributed by atoms with Gasteiger partial charge in [0.15, 0.2) is 0 Å². The van der Waals surface area contributed by atoms with Crippen molar-refractivity contribution in [3.63, 3.8) is 0 Å². The number of halogens is 1. The summed E-state index contributed by atoms with van der Waals surface area (Å²) in [7, 11) is 0. The number of aromatic nitrogens is 4. The van der Waals surface area contributed by atoms with Gasteiger partial charge in [0, 0.05) is 43.6 Å². The van der Waals surface area contributed by atoms with Gasteiger partial charge in [-0.1, -0.05) is 6.07 Å². The molecule has 1 atom stereocenters. The van der Waals surface area contributed by atoms with E-state index >= 15 is 0 Å². The Bertz CT molecular complexity index is 1640. The first-order chi connectivity index (χ1) is 20.4. The van der Waals surface area contributed by atoms with Crippen LogP contribution in [-0.2, 0) is 24.4 Å². The minimum atomic E-state index is -0.957. The highest BCUT2D eigenvalue weighted by Gasteiger charge is 2.25. The second kappa shape index (κ2) is 12.1. The number of benzene rings is 2. The quantitative estimate of drug-likeness (QED) is 0.287. The van der Waals surface area contributed by atoms with Gasteiger partial charge in [-0.15, -0.1) is 0 Å². The molecule has 4 heterocycles. The molecule has 2 saturated heterocycles. The number of rotatable bonds is 10. The highest BCUT2D eigenvalue weighted by Crippen LogP contribution is 2.25. The van der Waals surface area contributed by atoms with E-state index in [9.17, 15) is 14.3 Å². The van der Waals surface area contributed by atoms with Gasteiger partial charge in [-0.3, -0.25) is 4.90 Å². The Balaban J connectivity index is 1.06. The van der Waals surface area contributed by atoms with Gasteiger partial charge < -0.3 is 24.5 Å². The maximum Gasteiger partial charge on any atom is 0.335 e. The first-order valence-electron chi connectivity index (χ1n) is 13.9. The molecule has 0 amide bonds. The van der Waals surface area contributed by atoms with Crippen molar-refractivity contribution in [2.75, 3.05) is 25.0 Å². The molecular formula is C30H30FN7O4. The molecule has 2 N–H and O–H groups in total. The van der Waals surface area contributed by atoms with Crippen molar-refractivity contribution >= 4 is 23.0 Å².